The van der Waals surface area contributed by atoms with Crippen LogP contribution in [-0.4, -0.2) is 41.2 Å². The van der Waals surface area contributed by atoms with Crippen molar-refractivity contribution in [2.75, 3.05) is 10.6 Å². The summed E-state index contributed by atoms with van der Waals surface area (Å²) >= 11 is 0. The Morgan fingerprint density at radius 2 is 1.75 bits per heavy atom. The van der Waals surface area contributed by atoms with Crippen molar-refractivity contribution in [3.05, 3.63) is 68.1 Å². The Bertz CT molecular complexity index is 1200. The number of para-hydroxylation sites is 1. The molecule has 1 aromatic carbocycles. The Labute approximate surface area is 180 Å². The fraction of sp³-hybridized carbons (Fsp3) is 0.222. The molecule has 0 bridgehead atoms. The zero-order chi connectivity index (χ0) is 23.4. The number of aryl methyl sites for hydroxylation is 1. The third kappa shape index (κ3) is 4.58. The number of nitrogens with zero attached hydrogens (tertiary/aromatic N) is 6. The largest absolute Gasteiger partial charge is 0.468 e. The first kappa shape index (κ1) is 22.1. The predicted octanol–water partition coefficient (Wildman–Crippen LogP) is 2.12. The van der Waals surface area contributed by atoms with Gasteiger partial charge in [-0.1, -0.05) is 18.2 Å². The van der Waals surface area contributed by atoms with E-state index in [1.807, 2.05) is 0 Å². The third-order valence-electron chi connectivity index (χ3n) is 4.41. The zero-order valence-corrected chi connectivity index (χ0v) is 17.0. The van der Waals surface area contributed by atoms with Crippen molar-refractivity contribution in [3.63, 3.8) is 0 Å². The molecule has 2 amide bonds. The number of benzene rings is 1. The summed E-state index contributed by atoms with van der Waals surface area (Å²) < 4.78 is 2.31. The van der Waals surface area contributed by atoms with Crippen LogP contribution in [0.3, 0.4) is 0 Å². The van der Waals surface area contributed by atoms with Gasteiger partial charge in [-0.25, -0.2) is 0 Å². The van der Waals surface area contributed by atoms with Gasteiger partial charge < -0.3 is 20.7 Å². The standard InChI is InChI=1S/C18H18N8O6/c1-3-23-9-13(15(21-23)18(28)19-12-7-5-4-6-8-12)20-14(27)10-24-11(2)16(25(29)30)17(22-24)26(31)32/h4-9H,3,10H2,1-2H3,(H,19,28)(H,20,27). The molecule has 0 spiro atoms. The molecule has 0 fully saturated rings. The smallest absolute Gasteiger partial charge is 0.358 e. The van der Waals surface area contributed by atoms with E-state index in [0.29, 0.717) is 12.2 Å². The normalized spacial score (nSPS) is 10.6. The Hall–Kier alpha value is -4.62. The van der Waals surface area contributed by atoms with Crippen LogP contribution in [0.15, 0.2) is 36.5 Å². The molecule has 32 heavy (non-hydrogen) atoms. The molecule has 0 radical (unpaired) electrons. The van der Waals surface area contributed by atoms with Gasteiger partial charge in [0.1, 0.15) is 12.2 Å². The SMILES string of the molecule is CCn1cc(NC(=O)Cn2nc([N+](=O)[O-])c([N+](=O)[O-])c2C)c(C(=O)Nc2ccccc2)n1. The van der Waals surface area contributed by atoms with Gasteiger partial charge in [0.15, 0.2) is 5.69 Å². The first-order valence-electron chi connectivity index (χ1n) is 9.31. The maximum Gasteiger partial charge on any atom is 0.468 e. The van der Waals surface area contributed by atoms with Crippen LogP contribution < -0.4 is 10.6 Å². The number of hydrogen-bond donors (Lipinski definition) is 2. The van der Waals surface area contributed by atoms with Crippen molar-refractivity contribution in [1.29, 1.82) is 0 Å². The summed E-state index contributed by atoms with van der Waals surface area (Å²) in [5, 5.41) is 35.1. The predicted molar refractivity (Wildman–Crippen MR) is 111 cm³/mol. The molecule has 0 atom stereocenters. The van der Waals surface area contributed by atoms with Crippen molar-refractivity contribution in [3.8, 4) is 0 Å². The minimum atomic E-state index is -0.989. The fourth-order valence-corrected chi connectivity index (χ4v) is 2.89. The maximum atomic E-state index is 12.7. The van der Waals surface area contributed by atoms with Crippen LogP contribution in [0.4, 0.5) is 22.9 Å². The minimum Gasteiger partial charge on any atom is -0.358 e. The van der Waals surface area contributed by atoms with Crippen molar-refractivity contribution in [1.82, 2.24) is 19.6 Å². The number of aromatic nitrogens is 4. The van der Waals surface area contributed by atoms with Crippen molar-refractivity contribution in [2.24, 2.45) is 0 Å². The second-order valence-electron chi connectivity index (χ2n) is 6.54. The minimum absolute atomic E-state index is 0.0433. The molecule has 166 valence electrons. The lowest BCUT2D eigenvalue weighted by atomic mass is 10.3. The molecule has 2 heterocycles. The van der Waals surface area contributed by atoms with E-state index in [1.165, 1.54) is 17.8 Å². The van der Waals surface area contributed by atoms with Crippen molar-refractivity contribution in [2.45, 2.75) is 26.9 Å². The summed E-state index contributed by atoms with van der Waals surface area (Å²) in [7, 11) is 0. The molecule has 0 aliphatic rings. The molecular weight excluding hydrogens is 424 g/mol. The van der Waals surface area contributed by atoms with E-state index < -0.39 is 39.7 Å². The number of amides is 2. The van der Waals surface area contributed by atoms with Gasteiger partial charge in [0.25, 0.3) is 5.91 Å². The molecule has 2 aromatic heterocycles. The molecule has 3 rings (SSSR count). The van der Waals surface area contributed by atoms with E-state index in [9.17, 15) is 29.8 Å². The van der Waals surface area contributed by atoms with Gasteiger partial charge >= 0.3 is 11.5 Å². The molecule has 14 heteroatoms. The Morgan fingerprint density at radius 1 is 1.06 bits per heavy atom. The van der Waals surface area contributed by atoms with Gasteiger partial charge in [-0.05, 0) is 30.9 Å². The van der Waals surface area contributed by atoms with Crippen LogP contribution in [0.25, 0.3) is 0 Å². The number of carbonyl (C=O) groups excluding carboxylic acids is 2. The fourth-order valence-electron chi connectivity index (χ4n) is 2.89. The van der Waals surface area contributed by atoms with E-state index in [1.54, 1.807) is 37.3 Å². The van der Waals surface area contributed by atoms with Crippen molar-refractivity contribution < 1.29 is 19.4 Å². The average molecular weight is 442 g/mol. The van der Waals surface area contributed by atoms with Gasteiger partial charge in [0.05, 0.1) is 15.7 Å². The zero-order valence-electron chi connectivity index (χ0n) is 17.0. The first-order valence-corrected chi connectivity index (χ1v) is 9.31. The van der Waals surface area contributed by atoms with E-state index in [2.05, 4.69) is 20.8 Å². The highest BCUT2D eigenvalue weighted by Gasteiger charge is 2.36. The number of nitrogens with one attached hydrogen (secondary N) is 2. The summed E-state index contributed by atoms with van der Waals surface area (Å²) in [5.74, 6) is -2.22. The number of nitro groups is 2. The Morgan fingerprint density at radius 3 is 2.31 bits per heavy atom. The number of hydrogen-bond acceptors (Lipinski definition) is 8. The van der Waals surface area contributed by atoms with Crippen LogP contribution in [0.5, 0.6) is 0 Å². The van der Waals surface area contributed by atoms with Gasteiger partial charge in [0, 0.05) is 18.4 Å². The van der Waals surface area contributed by atoms with Crippen LogP contribution in [0.1, 0.15) is 23.1 Å². The molecule has 0 saturated heterocycles. The Kier molecular flexibility index (Phi) is 6.23. The molecule has 0 aliphatic heterocycles. The van der Waals surface area contributed by atoms with Gasteiger partial charge in [-0.15, -0.1) is 0 Å². The summed E-state index contributed by atoms with van der Waals surface area (Å²) in [6.07, 6.45) is 1.46. The quantitative estimate of drug-likeness (QED) is 0.393. The van der Waals surface area contributed by atoms with Crippen LogP contribution in [-0.2, 0) is 17.9 Å². The average Bonchev–Trinajstić information content (AvgIpc) is 3.30. The molecule has 0 unspecified atom stereocenters. The maximum absolute atomic E-state index is 12.7. The summed E-state index contributed by atoms with van der Waals surface area (Å²) in [4.78, 5) is 45.5. The second kappa shape index (κ2) is 9.03. The topological polar surface area (TPSA) is 180 Å². The van der Waals surface area contributed by atoms with E-state index in [4.69, 9.17) is 0 Å². The lowest BCUT2D eigenvalue weighted by Gasteiger charge is -2.06. The van der Waals surface area contributed by atoms with Crippen LogP contribution in [0.2, 0.25) is 0 Å². The van der Waals surface area contributed by atoms with Crippen molar-refractivity contribution >= 4 is 34.7 Å². The Balaban J connectivity index is 1.82. The van der Waals surface area contributed by atoms with Gasteiger partial charge in [-0.3, -0.25) is 24.4 Å². The number of carbonyl (C=O) groups is 2. The highest BCUT2D eigenvalue weighted by Crippen LogP contribution is 2.29. The van der Waals surface area contributed by atoms with E-state index in [0.717, 1.165) is 4.68 Å². The molecule has 3 aromatic rings. The first-order chi connectivity index (χ1) is 15.2. The monoisotopic (exact) mass is 442 g/mol. The lowest BCUT2D eigenvalue weighted by Crippen LogP contribution is -2.22. The summed E-state index contributed by atoms with van der Waals surface area (Å²) in [6, 6.07) is 8.65. The molecule has 0 aliphatic carbocycles. The molecular formula is C18H18N8O6. The van der Waals surface area contributed by atoms with E-state index >= 15 is 0 Å². The highest BCUT2D eigenvalue weighted by atomic mass is 16.6. The number of anilines is 2. The molecule has 14 nitrogen and oxygen atoms in total. The van der Waals surface area contributed by atoms with Crippen LogP contribution >= 0.6 is 0 Å². The highest BCUT2D eigenvalue weighted by molar-refractivity contribution is 6.08. The molecule has 0 saturated carbocycles. The van der Waals surface area contributed by atoms with Gasteiger partial charge in [-0.2, -0.15) is 9.78 Å². The van der Waals surface area contributed by atoms with Gasteiger partial charge in [0.2, 0.25) is 5.91 Å². The van der Waals surface area contributed by atoms with Crippen LogP contribution in [0, 0.1) is 27.2 Å². The van der Waals surface area contributed by atoms with E-state index in [-0.39, 0.29) is 17.1 Å². The third-order valence-corrected chi connectivity index (χ3v) is 4.41. The second-order valence-corrected chi connectivity index (χ2v) is 6.54. The number of rotatable bonds is 8. The summed E-state index contributed by atoms with van der Waals surface area (Å²) in [5.41, 5.74) is -0.336. The summed E-state index contributed by atoms with van der Waals surface area (Å²) in [6.45, 7) is 2.93. The lowest BCUT2D eigenvalue weighted by molar-refractivity contribution is -0.424. The molecule has 2 N–H and O–H groups in total.